The molecule has 19 heavy (non-hydrogen) atoms. The highest BCUT2D eigenvalue weighted by molar-refractivity contribution is 6.30. The second kappa shape index (κ2) is 6.78. The molecule has 1 aromatic rings. The molecule has 0 aliphatic heterocycles. The molecule has 4 nitrogen and oxygen atoms in total. The summed E-state index contributed by atoms with van der Waals surface area (Å²) >= 11 is 5.85. The van der Waals surface area contributed by atoms with E-state index < -0.39 is 17.8 Å². The number of benzene rings is 1. The second-order valence-corrected chi connectivity index (χ2v) is 5.72. The van der Waals surface area contributed by atoms with Crippen LogP contribution in [0.5, 0.6) is 0 Å². The highest BCUT2D eigenvalue weighted by Gasteiger charge is 2.16. The Morgan fingerprint density at radius 1 is 1.47 bits per heavy atom. The standard InChI is InChI=1S/C14H20ClNO3/c1-14(2,3)19-13(18)16-8-7-12(17)10-5-4-6-11(15)9-10/h4-6,9,12,17H,7-8H2,1-3H3,(H,16,18)/t12-/m1/s1. The minimum atomic E-state index is -0.659. The summed E-state index contributed by atoms with van der Waals surface area (Å²) in [5.74, 6) is 0. The molecule has 1 rings (SSSR count). The minimum Gasteiger partial charge on any atom is -0.444 e. The van der Waals surface area contributed by atoms with Crippen LogP contribution in [-0.4, -0.2) is 23.3 Å². The zero-order valence-electron chi connectivity index (χ0n) is 11.4. The molecule has 1 aromatic carbocycles. The predicted molar refractivity (Wildman–Crippen MR) is 75.3 cm³/mol. The van der Waals surface area contributed by atoms with Crippen LogP contribution in [0.25, 0.3) is 0 Å². The van der Waals surface area contributed by atoms with Crippen molar-refractivity contribution in [1.29, 1.82) is 0 Å². The quantitative estimate of drug-likeness (QED) is 0.892. The number of amides is 1. The maximum Gasteiger partial charge on any atom is 0.407 e. The molecule has 0 saturated carbocycles. The van der Waals surface area contributed by atoms with E-state index in [9.17, 15) is 9.90 Å². The molecule has 0 spiro atoms. The third kappa shape index (κ3) is 6.45. The van der Waals surface area contributed by atoms with Gasteiger partial charge in [0.15, 0.2) is 0 Å². The number of halogens is 1. The van der Waals surface area contributed by atoms with Crippen LogP contribution in [0.4, 0.5) is 4.79 Å². The third-order valence-electron chi connectivity index (χ3n) is 2.32. The van der Waals surface area contributed by atoms with E-state index in [-0.39, 0.29) is 0 Å². The van der Waals surface area contributed by atoms with Crippen LogP contribution >= 0.6 is 11.6 Å². The molecular formula is C14H20ClNO3. The first-order valence-electron chi connectivity index (χ1n) is 6.18. The van der Waals surface area contributed by atoms with Crippen molar-refractivity contribution in [2.24, 2.45) is 0 Å². The summed E-state index contributed by atoms with van der Waals surface area (Å²) in [6.45, 7) is 5.73. The summed E-state index contributed by atoms with van der Waals surface area (Å²) in [7, 11) is 0. The van der Waals surface area contributed by atoms with E-state index in [0.717, 1.165) is 5.56 Å². The van der Waals surface area contributed by atoms with E-state index in [4.69, 9.17) is 16.3 Å². The average molecular weight is 286 g/mol. The van der Waals surface area contributed by atoms with Crippen molar-refractivity contribution in [3.05, 3.63) is 34.9 Å². The van der Waals surface area contributed by atoms with E-state index in [1.54, 1.807) is 45.0 Å². The van der Waals surface area contributed by atoms with Crippen molar-refractivity contribution in [2.45, 2.75) is 38.9 Å². The molecule has 0 fully saturated rings. The number of rotatable bonds is 4. The lowest BCUT2D eigenvalue weighted by Crippen LogP contribution is -2.33. The van der Waals surface area contributed by atoms with E-state index in [1.165, 1.54) is 0 Å². The second-order valence-electron chi connectivity index (χ2n) is 5.29. The van der Waals surface area contributed by atoms with E-state index in [0.29, 0.717) is 18.0 Å². The predicted octanol–water partition coefficient (Wildman–Crippen LogP) is 3.29. The molecule has 1 amide bonds. The number of alkyl carbamates (subject to hydrolysis) is 1. The first-order valence-corrected chi connectivity index (χ1v) is 6.56. The number of nitrogens with one attached hydrogen (secondary N) is 1. The molecule has 0 saturated heterocycles. The highest BCUT2D eigenvalue weighted by Crippen LogP contribution is 2.19. The fourth-order valence-corrected chi connectivity index (χ4v) is 1.70. The topological polar surface area (TPSA) is 58.6 Å². The molecule has 5 heteroatoms. The van der Waals surface area contributed by atoms with Crippen molar-refractivity contribution >= 4 is 17.7 Å². The fourth-order valence-electron chi connectivity index (χ4n) is 1.51. The molecule has 0 heterocycles. The van der Waals surface area contributed by atoms with Gasteiger partial charge in [0.25, 0.3) is 0 Å². The Morgan fingerprint density at radius 3 is 2.74 bits per heavy atom. The van der Waals surface area contributed by atoms with Gasteiger partial charge in [-0.15, -0.1) is 0 Å². The Morgan fingerprint density at radius 2 is 2.16 bits per heavy atom. The first-order chi connectivity index (χ1) is 8.78. The van der Waals surface area contributed by atoms with Crippen molar-refractivity contribution in [3.8, 4) is 0 Å². The Labute approximate surface area is 118 Å². The van der Waals surface area contributed by atoms with Gasteiger partial charge >= 0.3 is 6.09 Å². The summed E-state index contributed by atoms with van der Waals surface area (Å²) in [4.78, 5) is 11.4. The lowest BCUT2D eigenvalue weighted by molar-refractivity contribution is 0.0518. The van der Waals surface area contributed by atoms with Gasteiger partial charge in [0.2, 0.25) is 0 Å². The number of ether oxygens (including phenoxy) is 1. The molecule has 106 valence electrons. The van der Waals surface area contributed by atoms with Gasteiger partial charge < -0.3 is 15.2 Å². The Bertz CT molecular complexity index is 429. The number of aliphatic hydroxyl groups excluding tert-OH is 1. The number of aliphatic hydroxyl groups is 1. The van der Waals surface area contributed by atoms with Crippen LogP contribution in [0, 0.1) is 0 Å². The van der Waals surface area contributed by atoms with Crippen LogP contribution < -0.4 is 5.32 Å². The van der Waals surface area contributed by atoms with Gasteiger partial charge in [-0.1, -0.05) is 23.7 Å². The number of carbonyl (C=O) groups is 1. The lowest BCUT2D eigenvalue weighted by atomic mass is 10.1. The third-order valence-corrected chi connectivity index (χ3v) is 2.55. The van der Waals surface area contributed by atoms with Gasteiger partial charge in [-0.3, -0.25) is 0 Å². The summed E-state index contributed by atoms with van der Waals surface area (Å²) in [5.41, 5.74) is 0.217. The SMILES string of the molecule is CC(C)(C)OC(=O)NCC[C@@H](O)c1cccc(Cl)c1. The van der Waals surface area contributed by atoms with Crippen molar-refractivity contribution in [3.63, 3.8) is 0 Å². The molecule has 0 bridgehead atoms. The Hall–Kier alpha value is -1.26. The van der Waals surface area contributed by atoms with E-state index >= 15 is 0 Å². The summed E-state index contributed by atoms with van der Waals surface area (Å²) < 4.78 is 5.09. The van der Waals surface area contributed by atoms with Crippen molar-refractivity contribution in [1.82, 2.24) is 5.32 Å². The summed E-state index contributed by atoms with van der Waals surface area (Å²) in [6, 6.07) is 7.03. The first kappa shape index (κ1) is 15.8. The zero-order valence-corrected chi connectivity index (χ0v) is 12.2. The normalized spacial score (nSPS) is 12.9. The molecule has 0 aliphatic rings. The molecule has 2 N–H and O–H groups in total. The number of hydrogen-bond donors (Lipinski definition) is 2. The van der Waals surface area contributed by atoms with Crippen molar-refractivity contribution in [2.75, 3.05) is 6.54 Å². The summed E-state index contributed by atoms with van der Waals surface area (Å²) in [5, 5.41) is 13.1. The molecule has 1 atom stereocenters. The highest BCUT2D eigenvalue weighted by atomic mass is 35.5. The molecule has 0 unspecified atom stereocenters. The smallest absolute Gasteiger partial charge is 0.407 e. The van der Waals surface area contributed by atoms with Crippen LogP contribution in [0.3, 0.4) is 0 Å². The van der Waals surface area contributed by atoms with Gasteiger partial charge in [0.05, 0.1) is 6.10 Å². The van der Waals surface area contributed by atoms with Crippen molar-refractivity contribution < 1.29 is 14.6 Å². The number of carbonyl (C=O) groups excluding carboxylic acids is 1. The van der Waals surface area contributed by atoms with Gasteiger partial charge in [0.1, 0.15) is 5.60 Å². The van der Waals surface area contributed by atoms with Gasteiger partial charge in [0, 0.05) is 11.6 Å². The number of hydrogen-bond acceptors (Lipinski definition) is 3. The molecule has 0 aliphatic carbocycles. The van der Waals surface area contributed by atoms with Gasteiger partial charge in [-0.05, 0) is 44.9 Å². The van der Waals surface area contributed by atoms with E-state index in [2.05, 4.69) is 5.32 Å². The maximum absolute atomic E-state index is 11.4. The molecule has 0 aromatic heterocycles. The van der Waals surface area contributed by atoms with Gasteiger partial charge in [-0.25, -0.2) is 4.79 Å². The Balaban J connectivity index is 2.35. The Kier molecular flexibility index (Phi) is 5.63. The van der Waals surface area contributed by atoms with Crippen LogP contribution in [0.1, 0.15) is 38.9 Å². The van der Waals surface area contributed by atoms with Crippen LogP contribution in [-0.2, 0) is 4.74 Å². The largest absolute Gasteiger partial charge is 0.444 e. The monoisotopic (exact) mass is 285 g/mol. The minimum absolute atomic E-state index is 0.336. The van der Waals surface area contributed by atoms with Crippen LogP contribution in [0.15, 0.2) is 24.3 Å². The maximum atomic E-state index is 11.4. The average Bonchev–Trinajstić information content (AvgIpc) is 2.26. The van der Waals surface area contributed by atoms with Crippen LogP contribution in [0.2, 0.25) is 5.02 Å². The summed E-state index contributed by atoms with van der Waals surface area (Å²) in [6.07, 6.45) is -0.737. The van der Waals surface area contributed by atoms with Gasteiger partial charge in [-0.2, -0.15) is 0 Å². The molecule has 0 radical (unpaired) electrons. The zero-order chi connectivity index (χ0) is 14.5. The van der Waals surface area contributed by atoms with E-state index in [1.807, 2.05) is 0 Å². The molecular weight excluding hydrogens is 266 g/mol. The lowest BCUT2D eigenvalue weighted by Gasteiger charge is -2.20. The fraction of sp³-hybridized carbons (Fsp3) is 0.500.